The van der Waals surface area contributed by atoms with Gasteiger partial charge >= 0.3 is 11.9 Å². The first-order valence-corrected chi connectivity index (χ1v) is 11.4. The minimum atomic E-state index is -0.883. The molecule has 0 amide bonds. The molecule has 0 heterocycles. The van der Waals surface area contributed by atoms with Gasteiger partial charge in [-0.05, 0) is 66.9 Å². The molecule has 0 aromatic heterocycles. The predicted molar refractivity (Wildman–Crippen MR) is 113 cm³/mol. The van der Waals surface area contributed by atoms with Gasteiger partial charge in [0.05, 0.1) is 18.6 Å². The summed E-state index contributed by atoms with van der Waals surface area (Å²) >= 11 is 0. The molecule has 0 aliphatic heterocycles. The molecule has 7 atom stereocenters. The van der Waals surface area contributed by atoms with Crippen molar-refractivity contribution in [2.24, 2.45) is 28.6 Å². The van der Waals surface area contributed by atoms with Crippen molar-refractivity contribution in [3.05, 3.63) is 23.3 Å². The Bertz CT molecular complexity index is 812. The maximum Gasteiger partial charge on any atom is 0.308 e. The van der Waals surface area contributed by atoms with Crippen LogP contribution in [0, 0.1) is 28.6 Å². The highest BCUT2D eigenvalue weighted by Gasteiger charge is 2.60. The van der Waals surface area contributed by atoms with Crippen molar-refractivity contribution in [3.8, 4) is 0 Å². The Labute approximate surface area is 179 Å². The number of fused-ring (bicyclic) bond motifs is 5. The van der Waals surface area contributed by atoms with Crippen molar-refractivity contribution in [3.63, 3.8) is 0 Å². The Morgan fingerprint density at radius 1 is 1.17 bits per heavy atom. The molecule has 0 radical (unpaired) electrons. The molecule has 0 bridgehead atoms. The van der Waals surface area contributed by atoms with Crippen molar-refractivity contribution in [2.75, 3.05) is 7.11 Å². The lowest BCUT2D eigenvalue weighted by Gasteiger charge is -2.57. The number of aliphatic hydroxyl groups is 1. The lowest BCUT2D eigenvalue weighted by Crippen LogP contribution is -2.56. The second-order valence-electron chi connectivity index (χ2n) is 10.6. The Morgan fingerprint density at radius 2 is 1.90 bits per heavy atom. The molecule has 1 N–H and O–H groups in total. The predicted octanol–water partition coefficient (Wildman–Crippen LogP) is 4.34. The molecule has 166 valence electrons. The number of esters is 2. The lowest BCUT2D eigenvalue weighted by molar-refractivity contribution is -0.163. The molecule has 2 saturated carbocycles. The van der Waals surface area contributed by atoms with Gasteiger partial charge in [-0.25, -0.2) is 0 Å². The van der Waals surface area contributed by atoms with Crippen molar-refractivity contribution >= 4 is 11.9 Å². The summed E-state index contributed by atoms with van der Waals surface area (Å²) < 4.78 is 10.5. The fourth-order valence-corrected chi connectivity index (χ4v) is 7.36. The van der Waals surface area contributed by atoms with Crippen LogP contribution in [0.4, 0.5) is 0 Å². The Kier molecular flexibility index (Phi) is 5.20. The van der Waals surface area contributed by atoms with E-state index in [-0.39, 0.29) is 34.8 Å². The van der Waals surface area contributed by atoms with Gasteiger partial charge in [0.25, 0.3) is 0 Å². The Hall–Kier alpha value is -1.62. The van der Waals surface area contributed by atoms with E-state index in [2.05, 4.69) is 26.0 Å². The zero-order valence-corrected chi connectivity index (χ0v) is 19.0. The van der Waals surface area contributed by atoms with E-state index in [0.717, 1.165) is 32.1 Å². The topological polar surface area (TPSA) is 72.8 Å². The minimum Gasteiger partial charge on any atom is -0.469 e. The Balaban J connectivity index is 1.64. The van der Waals surface area contributed by atoms with Crippen molar-refractivity contribution < 1.29 is 24.2 Å². The highest BCUT2D eigenvalue weighted by atomic mass is 16.5. The van der Waals surface area contributed by atoms with Gasteiger partial charge in [-0.1, -0.05) is 32.9 Å². The first kappa shape index (κ1) is 21.6. The fourth-order valence-electron chi connectivity index (χ4n) is 7.36. The van der Waals surface area contributed by atoms with Crippen molar-refractivity contribution in [1.82, 2.24) is 0 Å². The van der Waals surface area contributed by atoms with Crippen LogP contribution in [0.25, 0.3) is 0 Å². The number of ether oxygens (including phenoxy) is 2. The van der Waals surface area contributed by atoms with E-state index in [1.54, 1.807) is 0 Å². The van der Waals surface area contributed by atoms with E-state index in [9.17, 15) is 14.7 Å². The third-order valence-electron chi connectivity index (χ3n) is 9.16. The molecular weight excluding hydrogens is 380 g/mol. The monoisotopic (exact) mass is 416 g/mol. The molecule has 4 aliphatic rings. The summed E-state index contributed by atoms with van der Waals surface area (Å²) in [6.45, 7) is 7.98. The summed E-state index contributed by atoms with van der Waals surface area (Å²) in [7, 11) is 1.48. The van der Waals surface area contributed by atoms with Gasteiger partial charge in [0.1, 0.15) is 6.10 Å². The molecule has 30 heavy (non-hydrogen) atoms. The summed E-state index contributed by atoms with van der Waals surface area (Å²) in [6.07, 6.45) is 10.1. The summed E-state index contributed by atoms with van der Waals surface area (Å²) in [5.74, 6) is 0.239. The van der Waals surface area contributed by atoms with Gasteiger partial charge in [-0.15, -0.1) is 0 Å². The SMILES string of the molecule is COC(=O)[C@@H](C)[C@@H]1CC[C@@H]2C3=CC[C@@]4(O)C[C@H](OC(C)=O)CC[C@]4(C)C3=CC[C@]21C. The number of rotatable bonds is 3. The highest BCUT2D eigenvalue weighted by molar-refractivity contribution is 5.72. The first-order chi connectivity index (χ1) is 14.1. The smallest absolute Gasteiger partial charge is 0.308 e. The third-order valence-corrected chi connectivity index (χ3v) is 9.16. The fraction of sp³-hybridized carbons (Fsp3) is 0.760. The van der Waals surface area contributed by atoms with Crippen molar-refractivity contribution in [1.29, 1.82) is 0 Å². The summed E-state index contributed by atoms with van der Waals surface area (Å²) in [5, 5.41) is 11.7. The molecule has 0 spiro atoms. The van der Waals surface area contributed by atoms with Crippen LogP contribution >= 0.6 is 0 Å². The quantitative estimate of drug-likeness (QED) is 0.693. The van der Waals surface area contributed by atoms with Crippen LogP contribution in [0.3, 0.4) is 0 Å². The van der Waals surface area contributed by atoms with Gasteiger partial charge < -0.3 is 14.6 Å². The molecular formula is C25H36O5. The van der Waals surface area contributed by atoms with E-state index < -0.39 is 5.60 Å². The number of methoxy groups -OCH3 is 1. The number of hydrogen-bond acceptors (Lipinski definition) is 5. The first-order valence-electron chi connectivity index (χ1n) is 11.4. The molecule has 4 rings (SSSR count). The van der Waals surface area contributed by atoms with Gasteiger partial charge in [0, 0.05) is 18.8 Å². The molecule has 5 heteroatoms. The standard InChI is InChI=1S/C25H36O5/c1-15(22(27)29-5)19-6-7-20-18-9-13-25(28)14-17(30-16(2)26)8-12-24(25,4)21(18)10-11-23(19,20)3/h9-10,15,17,19-20,28H,6-8,11-14H2,1-5H3/t15-,17+,19-,20+,23-,24+,25+/m0/s1. The number of carbonyl (C=O) groups excluding carboxylic acids is 2. The van der Waals surface area contributed by atoms with Crippen molar-refractivity contribution in [2.45, 2.75) is 84.3 Å². The molecule has 4 aliphatic carbocycles. The maximum atomic E-state index is 12.3. The van der Waals surface area contributed by atoms with Crippen LogP contribution in [0.2, 0.25) is 0 Å². The van der Waals surface area contributed by atoms with E-state index >= 15 is 0 Å². The highest BCUT2D eigenvalue weighted by Crippen LogP contribution is 2.65. The van der Waals surface area contributed by atoms with E-state index in [0.29, 0.717) is 24.7 Å². The average molecular weight is 417 g/mol. The molecule has 0 aromatic carbocycles. The molecule has 5 nitrogen and oxygen atoms in total. The van der Waals surface area contributed by atoms with E-state index in [1.807, 2.05) is 6.92 Å². The average Bonchev–Trinajstić information content (AvgIpc) is 3.04. The van der Waals surface area contributed by atoms with Crippen LogP contribution in [0.1, 0.15) is 72.6 Å². The molecule has 0 aromatic rings. The van der Waals surface area contributed by atoms with E-state index in [4.69, 9.17) is 9.47 Å². The molecule has 2 fully saturated rings. The zero-order valence-electron chi connectivity index (χ0n) is 19.0. The third kappa shape index (κ3) is 2.99. The van der Waals surface area contributed by atoms with Crippen LogP contribution in [-0.4, -0.2) is 35.9 Å². The Morgan fingerprint density at radius 3 is 2.57 bits per heavy atom. The second kappa shape index (κ2) is 7.22. The normalized spacial score (nSPS) is 43.3. The largest absolute Gasteiger partial charge is 0.469 e. The maximum absolute atomic E-state index is 12.3. The number of carbonyl (C=O) groups is 2. The number of allylic oxidation sites excluding steroid dienone is 2. The summed E-state index contributed by atoms with van der Waals surface area (Å²) in [5.41, 5.74) is 1.53. The van der Waals surface area contributed by atoms with Gasteiger partial charge in [0.2, 0.25) is 0 Å². The van der Waals surface area contributed by atoms with Crippen LogP contribution in [0.5, 0.6) is 0 Å². The van der Waals surface area contributed by atoms with Gasteiger partial charge in [-0.2, -0.15) is 0 Å². The lowest BCUT2D eigenvalue weighted by atomic mass is 9.50. The summed E-state index contributed by atoms with van der Waals surface area (Å²) in [6, 6.07) is 0. The molecule has 0 unspecified atom stereocenters. The summed E-state index contributed by atoms with van der Waals surface area (Å²) in [4.78, 5) is 23.7. The van der Waals surface area contributed by atoms with Crippen LogP contribution in [0.15, 0.2) is 23.3 Å². The van der Waals surface area contributed by atoms with Gasteiger partial charge in [-0.3, -0.25) is 9.59 Å². The van der Waals surface area contributed by atoms with Crippen LogP contribution in [-0.2, 0) is 19.1 Å². The zero-order chi connectivity index (χ0) is 21.9. The minimum absolute atomic E-state index is 0.0453. The second-order valence-corrected chi connectivity index (χ2v) is 10.6. The number of hydrogen-bond donors (Lipinski definition) is 1. The van der Waals surface area contributed by atoms with E-state index in [1.165, 1.54) is 25.2 Å². The van der Waals surface area contributed by atoms with Gasteiger partial charge in [0.15, 0.2) is 0 Å². The van der Waals surface area contributed by atoms with Crippen LogP contribution < -0.4 is 0 Å². The molecule has 0 saturated heterocycles.